The molecule has 0 aliphatic heterocycles. The van der Waals surface area contributed by atoms with E-state index < -0.39 is 5.91 Å². The third-order valence-electron chi connectivity index (χ3n) is 4.49. The largest absolute Gasteiger partial charge is 0.491 e. The fourth-order valence-electron chi connectivity index (χ4n) is 2.94. The van der Waals surface area contributed by atoms with E-state index in [0.29, 0.717) is 27.5 Å². The molecule has 0 fully saturated rings. The summed E-state index contributed by atoms with van der Waals surface area (Å²) in [7, 11) is 1.42. The molecule has 1 amide bonds. The number of aromatic nitrogens is 3. The highest BCUT2D eigenvalue weighted by Crippen LogP contribution is 2.28. The first-order valence-corrected chi connectivity index (χ1v) is 10.5. The number of rotatable bonds is 7. The van der Waals surface area contributed by atoms with Crippen molar-refractivity contribution in [2.45, 2.75) is 0 Å². The number of ether oxygens (including phenoxy) is 2. The zero-order valence-corrected chi connectivity index (χ0v) is 20.1. The highest BCUT2D eigenvalue weighted by molar-refractivity contribution is 6.42. The van der Waals surface area contributed by atoms with Crippen LogP contribution >= 0.6 is 35.6 Å². The number of nitrogens with zero attached hydrogens (tertiary/aromatic N) is 2. The van der Waals surface area contributed by atoms with E-state index in [1.807, 2.05) is 12.1 Å². The van der Waals surface area contributed by atoms with Crippen LogP contribution in [-0.4, -0.2) is 28.0 Å². The number of H-pyrrole nitrogens is 1. The summed E-state index contributed by atoms with van der Waals surface area (Å²) in [5.41, 5.74) is 2.17. The van der Waals surface area contributed by atoms with Gasteiger partial charge in [0.2, 0.25) is 11.8 Å². The van der Waals surface area contributed by atoms with Crippen molar-refractivity contribution < 1.29 is 14.3 Å². The first-order valence-electron chi connectivity index (χ1n) is 9.78. The molecule has 0 aliphatic rings. The maximum Gasteiger partial charge on any atom is 0.290 e. The lowest BCUT2D eigenvalue weighted by Crippen LogP contribution is -2.15. The molecule has 2 N–H and O–H groups in total. The average Bonchev–Trinajstić information content (AvgIpc) is 3.20. The molecule has 0 unspecified atom stereocenters. The van der Waals surface area contributed by atoms with Crippen molar-refractivity contribution in [3.63, 3.8) is 0 Å². The number of halogens is 3. The third kappa shape index (κ3) is 6.29. The summed E-state index contributed by atoms with van der Waals surface area (Å²) >= 11 is 12.1. The molecular formula is C24H19Cl3N4O3. The first-order chi connectivity index (χ1) is 16.0. The van der Waals surface area contributed by atoms with Gasteiger partial charge >= 0.3 is 0 Å². The van der Waals surface area contributed by atoms with Crippen LogP contribution in [0.25, 0.3) is 17.0 Å². The molecule has 4 rings (SSSR count). The maximum absolute atomic E-state index is 12.5. The number of methoxy groups -OCH3 is 1. The lowest BCUT2D eigenvalue weighted by molar-refractivity contribution is -0.115. The number of hydrogen-bond acceptors (Lipinski definition) is 5. The van der Waals surface area contributed by atoms with Crippen molar-refractivity contribution in [1.82, 2.24) is 15.0 Å². The van der Waals surface area contributed by atoms with Crippen molar-refractivity contribution in [3.05, 3.63) is 94.6 Å². The third-order valence-corrected chi connectivity index (χ3v) is 5.21. The summed E-state index contributed by atoms with van der Waals surface area (Å²) in [6, 6.07) is 14.1. The van der Waals surface area contributed by atoms with Gasteiger partial charge < -0.3 is 19.8 Å². The second kappa shape index (κ2) is 11.6. The zero-order chi connectivity index (χ0) is 23.2. The Bertz CT molecular complexity index is 1300. The van der Waals surface area contributed by atoms with E-state index in [2.05, 4.69) is 20.3 Å². The van der Waals surface area contributed by atoms with E-state index in [1.54, 1.807) is 60.8 Å². The molecule has 34 heavy (non-hydrogen) atoms. The van der Waals surface area contributed by atoms with E-state index in [4.69, 9.17) is 32.7 Å². The Morgan fingerprint density at radius 3 is 2.56 bits per heavy atom. The van der Waals surface area contributed by atoms with Crippen LogP contribution in [0.15, 0.2) is 78.8 Å². The summed E-state index contributed by atoms with van der Waals surface area (Å²) in [4.78, 5) is 24.0. The quantitative estimate of drug-likeness (QED) is 0.162. The van der Waals surface area contributed by atoms with Crippen LogP contribution in [0, 0.1) is 0 Å². The number of pyridine rings is 2. The van der Waals surface area contributed by atoms with Gasteiger partial charge in [0.05, 0.1) is 29.0 Å². The van der Waals surface area contributed by atoms with Gasteiger partial charge in [0.25, 0.3) is 5.91 Å². The lowest BCUT2D eigenvalue weighted by atomic mass is 10.2. The Hall–Kier alpha value is -3.52. The monoisotopic (exact) mass is 516 g/mol. The molecule has 4 aromatic rings. The number of aromatic amines is 1. The van der Waals surface area contributed by atoms with Crippen molar-refractivity contribution in [2.75, 3.05) is 12.4 Å². The lowest BCUT2D eigenvalue weighted by Gasteiger charge is -2.08. The molecule has 174 valence electrons. The molecule has 7 nitrogen and oxygen atoms in total. The molecule has 3 heterocycles. The predicted molar refractivity (Wildman–Crippen MR) is 137 cm³/mol. The molecule has 0 radical (unpaired) electrons. The van der Waals surface area contributed by atoms with Gasteiger partial charge in [0.15, 0.2) is 5.76 Å². The van der Waals surface area contributed by atoms with Crippen LogP contribution in [-0.2, 0) is 9.53 Å². The highest BCUT2D eigenvalue weighted by Gasteiger charge is 2.10. The Morgan fingerprint density at radius 1 is 1.06 bits per heavy atom. The molecule has 0 aliphatic carbocycles. The molecule has 0 saturated carbocycles. The summed E-state index contributed by atoms with van der Waals surface area (Å²) in [6.07, 6.45) is 8.18. The van der Waals surface area contributed by atoms with Crippen molar-refractivity contribution in [1.29, 1.82) is 0 Å². The summed E-state index contributed by atoms with van der Waals surface area (Å²) < 4.78 is 10.8. The van der Waals surface area contributed by atoms with E-state index in [9.17, 15) is 4.79 Å². The highest BCUT2D eigenvalue weighted by atomic mass is 35.5. The second-order valence-corrected chi connectivity index (χ2v) is 7.60. The molecule has 0 spiro atoms. The average molecular weight is 518 g/mol. The van der Waals surface area contributed by atoms with Crippen LogP contribution in [0.2, 0.25) is 10.0 Å². The number of benzene rings is 1. The summed E-state index contributed by atoms with van der Waals surface area (Å²) in [5.74, 6) is 0.497. The van der Waals surface area contributed by atoms with Crippen molar-refractivity contribution in [2.24, 2.45) is 0 Å². The second-order valence-electron chi connectivity index (χ2n) is 6.78. The van der Waals surface area contributed by atoms with Crippen molar-refractivity contribution in [3.8, 4) is 11.8 Å². The fraction of sp³-hybridized carbons (Fsp3) is 0.0417. The Balaban J connectivity index is 0.00000324. The van der Waals surface area contributed by atoms with Gasteiger partial charge in [0, 0.05) is 34.9 Å². The minimum absolute atomic E-state index is 0. The molecule has 0 saturated heterocycles. The van der Waals surface area contributed by atoms with E-state index in [0.717, 1.165) is 16.6 Å². The zero-order valence-electron chi connectivity index (χ0n) is 17.8. The number of anilines is 1. The van der Waals surface area contributed by atoms with Gasteiger partial charge in [0.1, 0.15) is 0 Å². The Labute approximate surface area is 211 Å². The fourth-order valence-corrected chi connectivity index (χ4v) is 3.27. The number of allylic oxidation sites excluding steroid dienone is 2. The Morgan fingerprint density at radius 2 is 1.85 bits per heavy atom. The number of nitrogens with one attached hydrogen (secondary N) is 2. The van der Waals surface area contributed by atoms with Gasteiger partial charge in [-0.2, -0.15) is 0 Å². The molecule has 0 atom stereocenters. The standard InChI is InChI=1S/C24H18Cl2N4O3.ClH/c1-32-21(6-4-5-16-11-15-12-18(25)19(26)13-20(15)29-16)24(31)30-17-8-9-23(28-14-17)33-22-7-2-3-10-27-22;/h2-14,29H,1H3,(H,30,31);1H. The van der Waals surface area contributed by atoms with Crippen LogP contribution in [0.3, 0.4) is 0 Å². The van der Waals surface area contributed by atoms with Crippen molar-refractivity contribution >= 4 is 64.2 Å². The van der Waals surface area contributed by atoms with Crippen LogP contribution < -0.4 is 10.1 Å². The minimum Gasteiger partial charge on any atom is -0.491 e. The number of carbonyl (C=O) groups is 1. The molecule has 10 heteroatoms. The van der Waals surface area contributed by atoms with Crippen LogP contribution in [0.5, 0.6) is 11.8 Å². The molecule has 1 aromatic carbocycles. The van der Waals surface area contributed by atoms with Gasteiger partial charge in [-0.3, -0.25) is 4.79 Å². The number of fused-ring (bicyclic) bond motifs is 1. The topological polar surface area (TPSA) is 89.1 Å². The predicted octanol–water partition coefficient (Wildman–Crippen LogP) is 6.66. The smallest absolute Gasteiger partial charge is 0.290 e. The first kappa shape index (κ1) is 25.1. The molecular weight excluding hydrogens is 499 g/mol. The molecule has 3 aromatic heterocycles. The SMILES string of the molecule is COC(=CC=Cc1cc2cc(Cl)c(Cl)cc2[nH]1)C(=O)Nc1ccc(Oc2ccccn2)nc1.Cl. The minimum atomic E-state index is -0.419. The molecule has 0 bridgehead atoms. The Kier molecular flexibility index (Phi) is 8.54. The van der Waals surface area contributed by atoms with Gasteiger partial charge in [-0.25, -0.2) is 9.97 Å². The number of carbonyl (C=O) groups excluding carboxylic acids is 1. The summed E-state index contributed by atoms with van der Waals surface area (Å²) in [6.45, 7) is 0. The van der Waals surface area contributed by atoms with Gasteiger partial charge in [-0.15, -0.1) is 12.4 Å². The normalized spacial score (nSPS) is 11.3. The number of amides is 1. The van der Waals surface area contributed by atoms with Gasteiger partial charge in [-0.05, 0) is 42.5 Å². The van der Waals surface area contributed by atoms with Crippen LogP contribution in [0.4, 0.5) is 5.69 Å². The summed E-state index contributed by atoms with van der Waals surface area (Å²) in [5, 5.41) is 4.63. The van der Waals surface area contributed by atoms with Gasteiger partial charge in [-0.1, -0.05) is 35.3 Å². The van der Waals surface area contributed by atoms with E-state index >= 15 is 0 Å². The number of hydrogen-bond donors (Lipinski definition) is 2. The van der Waals surface area contributed by atoms with Crippen LogP contribution in [0.1, 0.15) is 5.69 Å². The van der Waals surface area contributed by atoms with E-state index in [1.165, 1.54) is 13.3 Å². The maximum atomic E-state index is 12.5. The van der Waals surface area contributed by atoms with E-state index in [-0.39, 0.29) is 18.2 Å².